The molecule has 3 rings (SSSR count). The van der Waals surface area contributed by atoms with Gasteiger partial charge in [-0.25, -0.2) is 0 Å². The molecule has 2 atom stereocenters. The van der Waals surface area contributed by atoms with E-state index in [0.29, 0.717) is 6.61 Å². The number of ether oxygens (including phenoxy) is 1. The van der Waals surface area contributed by atoms with Crippen LogP contribution in [0.1, 0.15) is 24.0 Å². The zero-order valence-electron chi connectivity index (χ0n) is 11.8. The minimum atomic E-state index is 0.710. The molecule has 2 aliphatic rings. The largest absolute Gasteiger partial charge is 0.380 e. The number of benzene rings is 1. The van der Waals surface area contributed by atoms with Gasteiger partial charge >= 0.3 is 0 Å². The molecule has 0 aromatic heterocycles. The van der Waals surface area contributed by atoms with Crippen LogP contribution in [0.15, 0.2) is 24.3 Å². The first-order valence-electron chi connectivity index (χ1n) is 7.38. The molecule has 19 heavy (non-hydrogen) atoms. The van der Waals surface area contributed by atoms with Gasteiger partial charge in [-0.3, -0.25) is 4.90 Å². The number of likely N-dealkylation sites (tertiary alicyclic amines) is 1. The van der Waals surface area contributed by atoms with E-state index in [1.807, 2.05) is 0 Å². The van der Waals surface area contributed by atoms with Crippen LogP contribution in [0.4, 0.5) is 0 Å². The number of nitrogens with one attached hydrogen (secondary N) is 1. The molecule has 3 heteroatoms. The molecule has 0 spiro atoms. The van der Waals surface area contributed by atoms with Gasteiger partial charge in [0.1, 0.15) is 0 Å². The van der Waals surface area contributed by atoms with Crippen molar-refractivity contribution in [1.82, 2.24) is 10.2 Å². The van der Waals surface area contributed by atoms with Crippen LogP contribution in [0.2, 0.25) is 0 Å². The fourth-order valence-corrected chi connectivity index (χ4v) is 3.58. The zero-order valence-corrected chi connectivity index (χ0v) is 11.8. The van der Waals surface area contributed by atoms with Crippen LogP contribution in [-0.2, 0) is 17.9 Å². The van der Waals surface area contributed by atoms with Crippen molar-refractivity contribution < 1.29 is 4.74 Å². The van der Waals surface area contributed by atoms with Gasteiger partial charge in [-0.15, -0.1) is 0 Å². The Balaban J connectivity index is 1.68. The Kier molecular flexibility index (Phi) is 4.16. The Hall–Kier alpha value is -0.900. The monoisotopic (exact) mass is 260 g/mol. The van der Waals surface area contributed by atoms with Crippen LogP contribution < -0.4 is 5.32 Å². The standard InChI is InChI=1S/C16H24N2O/c1-19-12-14-5-2-4-13(8-14)11-18-7-3-6-15-9-17-10-16(15)18/h2,4-5,8,15-17H,3,6-7,9-12H2,1H3. The maximum absolute atomic E-state index is 5.22. The minimum absolute atomic E-state index is 0.710. The molecule has 1 aromatic rings. The SMILES string of the molecule is COCc1cccc(CN2CCCC3CNCC32)c1. The van der Waals surface area contributed by atoms with Crippen LogP contribution in [0.3, 0.4) is 0 Å². The first-order chi connectivity index (χ1) is 9.36. The average Bonchev–Trinajstić information content (AvgIpc) is 2.89. The molecule has 0 aliphatic carbocycles. The second-order valence-electron chi connectivity index (χ2n) is 5.85. The number of piperidine rings is 1. The lowest BCUT2D eigenvalue weighted by Crippen LogP contribution is -2.44. The van der Waals surface area contributed by atoms with Crippen molar-refractivity contribution in [3.05, 3.63) is 35.4 Å². The number of hydrogen-bond acceptors (Lipinski definition) is 3. The quantitative estimate of drug-likeness (QED) is 0.896. The molecule has 2 saturated heterocycles. The van der Waals surface area contributed by atoms with Crippen molar-refractivity contribution in [1.29, 1.82) is 0 Å². The Morgan fingerprint density at radius 3 is 3.11 bits per heavy atom. The van der Waals surface area contributed by atoms with E-state index in [0.717, 1.165) is 18.5 Å². The summed E-state index contributed by atoms with van der Waals surface area (Å²) in [5, 5.41) is 3.55. The maximum Gasteiger partial charge on any atom is 0.0713 e. The number of methoxy groups -OCH3 is 1. The molecular weight excluding hydrogens is 236 g/mol. The van der Waals surface area contributed by atoms with E-state index in [1.165, 1.54) is 43.6 Å². The Bertz CT molecular complexity index is 421. The van der Waals surface area contributed by atoms with E-state index in [1.54, 1.807) is 7.11 Å². The molecule has 104 valence electrons. The predicted molar refractivity (Wildman–Crippen MR) is 76.9 cm³/mol. The molecule has 0 radical (unpaired) electrons. The van der Waals surface area contributed by atoms with Crippen molar-refractivity contribution in [3.8, 4) is 0 Å². The second kappa shape index (κ2) is 6.04. The number of rotatable bonds is 4. The van der Waals surface area contributed by atoms with Crippen molar-refractivity contribution in [2.75, 3.05) is 26.7 Å². The molecule has 2 unspecified atom stereocenters. The highest BCUT2D eigenvalue weighted by Gasteiger charge is 2.34. The van der Waals surface area contributed by atoms with E-state index < -0.39 is 0 Å². The summed E-state index contributed by atoms with van der Waals surface area (Å²) in [6.45, 7) is 5.42. The van der Waals surface area contributed by atoms with E-state index in [9.17, 15) is 0 Å². The average molecular weight is 260 g/mol. The molecule has 2 fully saturated rings. The van der Waals surface area contributed by atoms with E-state index >= 15 is 0 Å². The van der Waals surface area contributed by atoms with E-state index in [2.05, 4.69) is 34.5 Å². The maximum atomic E-state index is 5.22. The Morgan fingerprint density at radius 2 is 2.21 bits per heavy atom. The van der Waals surface area contributed by atoms with Gasteiger partial charge in [-0.1, -0.05) is 24.3 Å². The lowest BCUT2D eigenvalue weighted by Gasteiger charge is -2.37. The second-order valence-corrected chi connectivity index (χ2v) is 5.85. The van der Waals surface area contributed by atoms with Gasteiger partial charge in [0.15, 0.2) is 0 Å². The van der Waals surface area contributed by atoms with E-state index in [4.69, 9.17) is 4.74 Å². The third-order valence-electron chi connectivity index (χ3n) is 4.48. The molecule has 0 bridgehead atoms. The fourth-order valence-electron chi connectivity index (χ4n) is 3.58. The number of fused-ring (bicyclic) bond motifs is 1. The molecule has 2 heterocycles. The van der Waals surface area contributed by atoms with Gasteiger partial charge in [0.05, 0.1) is 6.61 Å². The van der Waals surface area contributed by atoms with Crippen molar-refractivity contribution >= 4 is 0 Å². The zero-order chi connectivity index (χ0) is 13.1. The fraction of sp³-hybridized carbons (Fsp3) is 0.625. The molecule has 1 N–H and O–H groups in total. The van der Waals surface area contributed by atoms with Gasteiger partial charge in [0.25, 0.3) is 0 Å². The van der Waals surface area contributed by atoms with Crippen LogP contribution in [0, 0.1) is 5.92 Å². The van der Waals surface area contributed by atoms with Crippen LogP contribution in [0.25, 0.3) is 0 Å². The third-order valence-corrected chi connectivity index (χ3v) is 4.48. The lowest BCUT2D eigenvalue weighted by atomic mass is 9.91. The minimum Gasteiger partial charge on any atom is -0.380 e. The molecule has 2 aliphatic heterocycles. The first-order valence-corrected chi connectivity index (χ1v) is 7.38. The third kappa shape index (κ3) is 2.99. The predicted octanol–water partition coefficient (Wildman–Crippen LogP) is 2.02. The summed E-state index contributed by atoms with van der Waals surface area (Å²) in [7, 11) is 1.76. The van der Waals surface area contributed by atoms with Crippen LogP contribution >= 0.6 is 0 Å². The van der Waals surface area contributed by atoms with Gasteiger partial charge < -0.3 is 10.1 Å². The summed E-state index contributed by atoms with van der Waals surface area (Å²) in [6, 6.07) is 9.57. The van der Waals surface area contributed by atoms with Crippen molar-refractivity contribution in [2.24, 2.45) is 5.92 Å². The first kappa shape index (κ1) is 13.1. The topological polar surface area (TPSA) is 24.5 Å². The molecule has 3 nitrogen and oxygen atoms in total. The summed E-state index contributed by atoms with van der Waals surface area (Å²) in [6.07, 6.45) is 2.75. The van der Waals surface area contributed by atoms with Gasteiger partial charge in [0.2, 0.25) is 0 Å². The summed E-state index contributed by atoms with van der Waals surface area (Å²) < 4.78 is 5.22. The van der Waals surface area contributed by atoms with E-state index in [-0.39, 0.29) is 0 Å². The molecule has 0 amide bonds. The molecule has 1 aromatic carbocycles. The van der Waals surface area contributed by atoms with Crippen LogP contribution in [0.5, 0.6) is 0 Å². The summed E-state index contributed by atoms with van der Waals surface area (Å²) in [5.41, 5.74) is 2.69. The number of nitrogens with zero attached hydrogens (tertiary/aromatic N) is 1. The highest BCUT2D eigenvalue weighted by molar-refractivity contribution is 5.23. The summed E-state index contributed by atoms with van der Waals surface area (Å²) in [5.74, 6) is 0.871. The summed E-state index contributed by atoms with van der Waals surface area (Å²) >= 11 is 0. The van der Waals surface area contributed by atoms with Gasteiger partial charge in [0, 0.05) is 26.2 Å². The van der Waals surface area contributed by atoms with Crippen molar-refractivity contribution in [2.45, 2.75) is 32.0 Å². The summed E-state index contributed by atoms with van der Waals surface area (Å²) in [4.78, 5) is 2.67. The smallest absolute Gasteiger partial charge is 0.0713 e. The lowest BCUT2D eigenvalue weighted by molar-refractivity contribution is 0.117. The normalized spacial score (nSPS) is 27.4. The highest BCUT2D eigenvalue weighted by atomic mass is 16.5. The molecular formula is C16H24N2O. The number of hydrogen-bond donors (Lipinski definition) is 1. The van der Waals surface area contributed by atoms with Gasteiger partial charge in [-0.05, 0) is 43.0 Å². The highest BCUT2D eigenvalue weighted by Crippen LogP contribution is 2.27. The van der Waals surface area contributed by atoms with Gasteiger partial charge in [-0.2, -0.15) is 0 Å². The van der Waals surface area contributed by atoms with Crippen LogP contribution in [-0.4, -0.2) is 37.7 Å². The Morgan fingerprint density at radius 1 is 1.32 bits per heavy atom. The Labute approximate surface area is 115 Å². The van der Waals surface area contributed by atoms with Crippen molar-refractivity contribution in [3.63, 3.8) is 0 Å². The molecule has 0 saturated carbocycles.